The summed E-state index contributed by atoms with van der Waals surface area (Å²) in [6.07, 6.45) is 11.2. The Morgan fingerprint density at radius 1 is 1.19 bits per heavy atom. The number of aliphatic hydroxyl groups excluding tert-OH is 1. The van der Waals surface area contributed by atoms with Crippen LogP contribution in [-0.2, 0) is 0 Å². The van der Waals surface area contributed by atoms with E-state index in [1.807, 2.05) is 12.3 Å². The van der Waals surface area contributed by atoms with Crippen molar-refractivity contribution >= 4 is 11.6 Å². The lowest BCUT2D eigenvalue weighted by atomic mass is 9.92. The molecular weight excluding hydrogens is 326 g/mol. The second-order valence-corrected chi connectivity index (χ2v) is 8.38. The Bertz CT molecular complexity index is 653. The van der Waals surface area contributed by atoms with Crippen LogP contribution < -0.4 is 10.2 Å². The van der Waals surface area contributed by atoms with Crippen molar-refractivity contribution in [1.29, 1.82) is 0 Å². The molecule has 2 atom stereocenters. The van der Waals surface area contributed by atoms with Crippen molar-refractivity contribution in [3.8, 4) is 0 Å². The molecule has 0 bridgehead atoms. The summed E-state index contributed by atoms with van der Waals surface area (Å²) < 4.78 is 0. The van der Waals surface area contributed by atoms with E-state index in [-0.39, 0.29) is 11.8 Å². The number of rotatable bonds is 5. The number of piperidine rings is 1. The lowest BCUT2D eigenvalue weighted by Crippen LogP contribution is -2.55. The minimum absolute atomic E-state index is 0.0620. The van der Waals surface area contributed by atoms with Gasteiger partial charge in [-0.1, -0.05) is 19.3 Å². The average molecular weight is 357 g/mol. The van der Waals surface area contributed by atoms with E-state index in [0.29, 0.717) is 24.1 Å². The number of nitrogens with zero attached hydrogens (tertiary/aromatic N) is 2. The molecule has 0 amide bonds. The number of nitrogens with one attached hydrogen (secondary N) is 1. The van der Waals surface area contributed by atoms with Gasteiger partial charge in [0.2, 0.25) is 0 Å². The SMILES string of the molecule is CC(=O)c1cc(C2CC2)cnc1N1CCC(NC2CCCCC2)[C@H](O)C1. The Balaban J connectivity index is 1.43. The van der Waals surface area contributed by atoms with Gasteiger partial charge in [-0.25, -0.2) is 4.98 Å². The molecule has 2 N–H and O–H groups in total. The first-order valence-electron chi connectivity index (χ1n) is 10.3. The van der Waals surface area contributed by atoms with Crippen molar-refractivity contribution in [3.05, 3.63) is 23.4 Å². The van der Waals surface area contributed by atoms with E-state index in [1.54, 1.807) is 6.92 Å². The zero-order chi connectivity index (χ0) is 18.1. The summed E-state index contributed by atoms with van der Waals surface area (Å²) in [5.41, 5.74) is 1.90. The van der Waals surface area contributed by atoms with Crippen molar-refractivity contribution in [2.75, 3.05) is 18.0 Å². The summed E-state index contributed by atoms with van der Waals surface area (Å²) in [4.78, 5) is 18.9. The number of hydrogen-bond acceptors (Lipinski definition) is 5. The van der Waals surface area contributed by atoms with Crippen LogP contribution in [0.15, 0.2) is 12.3 Å². The fourth-order valence-corrected chi connectivity index (χ4v) is 4.52. The smallest absolute Gasteiger partial charge is 0.163 e. The van der Waals surface area contributed by atoms with Crippen molar-refractivity contribution in [2.45, 2.75) is 82.4 Å². The summed E-state index contributed by atoms with van der Waals surface area (Å²) in [5.74, 6) is 1.40. The highest BCUT2D eigenvalue weighted by Crippen LogP contribution is 2.41. The first kappa shape index (κ1) is 17.9. The molecule has 142 valence electrons. The molecule has 1 saturated heterocycles. The predicted molar refractivity (Wildman–Crippen MR) is 103 cm³/mol. The molecule has 1 unspecified atom stereocenters. The lowest BCUT2D eigenvalue weighted by Gasteiger charge is -2.39. The molecule has 0 spiro atoms. The van der Waals surface area contributed by atoms with Crippen molar-refractivity contribution < 1.29 is 9.90 Å². The van der Waals surface area contributed by atoms with Crippen molar-refractivity contribution in [3.63, 3.8) is 0 Å². The van der Waals surface area contributed by atoms with Crippen LogP contribution in [0.5, 0.6) is 0 Å². The van der Waals surface area contributed by atoms with Crippen molar-refractivity contribution in [2.24, 2.45) is 0 Å². The molecule has 3 aliphatic rings. The molecule has 2 aliphatic carbocycles. The maximum absolute atomic E-state index is 12.2. The molecule has 5 nitrogen and oxygen atoms in total. The summed E-state index contributed by atoms with van der Waals surface area (Å²) in [6, 6.07) is 2.74. The molecular formula is C21H31N3O2. The van der Waals surface area contributed by atoms with E-state index < -0.39 is 6.10 Å². The standard InChI is InChI=1S/C21H31N3O2/c1-14(25)18-11-16(15-7-8-15)12-22-21(18)24-10-9-19(20(26)13-24)23-17-5-3-2-4-6-17/h11-12,15,17,19-20,23,26H,2-10,13H2,1H3/t19?,20-/m1/s1. The lowest BCUT2D eigenvalue weighted by molar-refractivity contribution is 0.0996. The van der Waals surface area contributed by atoms with E-state index in [0.717, 1.165) is 18.8 Å². The van der Waals surface area contributed by atoms with E-state index in [2.05, 4.69) is 15.2 Å². The predicted octanol–water partition coefficient (Wildman–Crippen LogP) is 3.02. The summed E-state index contributed by atoms with van der Waals surface area (Å²) >= 11 is 0. The van der Waals surface area contributed by atoms with Gasteiger partial charge >= 0.3 is 0 Å². The highest BCUT2D eigenvalue weighted by atomic mass is 16.3. The first-order valence-corrected chi connectivity index (χ1v) is 10.3. The maximum atomic E-state index is 12.2. The normalized spacial score (nSPS) is 27.5. The third-order valence-electron chi connectivity index (χ3n) is 6.25. The second kappa shape index (κ2) is 7.65. The van der Waals surface area contributed by atoms with Gasteiger partial charge in [-0.2, -0.15) is 0 Å². The molecule has 3 fully saturated rings. The van der Waals surface area contributed by atoms with Crippen LogP contribution in [0.25, 0.3) is 0 Å². The Kier molecular flexibility index (Phi) is 5.28. The number of hydrogen-bond donors (Lipinski definition) is 2. The van der Waals surface area contributed by atoms with Crippen LogP contribution in [-0.4, -0.2) is 47.2 Å². The Morgan fingerprint density at radius 3 is 2.62 bits per heavy atom. The van der Waals surface area contributed by atoms with E-state index in [1.165, 1.54) is 50.5 Å². The van der Waals surface area contributed by atoms with Gasteiger partial charge in [0.05, 0.1) is 11.7 Å². The van der Waals surface area contributed by atoms with Gasteiger partial charge in [0.15, 0.2) is 5.78 Å². The number of carbonyl (C=O) groups excluding carboxylic acids is 1. The quantitative estimate of drug-likeness (QED) is 0.793. The second-order valence-electron chi connectivity index (χ2n) is 8.38. The zero-order valence-electron chi connectivity index (χ0n) is 15.8. The van der Waals surface area contributed by atoms with E-state index in [9.17, 15) is 9.90 Å². The van der Waals surface area contributed by atoms with Gasteiger partial charge in [-0.3, -0.25) is 4.79 Å². The first-order chi connectivity index (χ1) is 12.6. The Hall–Kier alpha value is -1.46. The fraction of sp³-hybridized carbons (Fsp3) is 0.714. The van der Waals surface area contributed by atoms with E-state index in [4.69, 9.17) is 0 Å². The molecule has 0 radical (unpaired) electrons. The zero-order valence-corrected chi connectivity index (χ0v) is 15.8. The van der Waals surface area contributed by atoms with Crippen LogP contribution >= 0.6 is 0 Å². The number of carbonyl (C=O) groups is 1. The van der Waals surface area contributed by atoms with Gasteiger partial charge in [0.1, 0.15) is 5.82 Å². The van der Waals surface area contributed by atoms with E-state index >= 15 is 0 Å². The molecule has 1 aromatic rings. The van der Waals surface area contributed by atoms with Crippen LogP contribution in [0, 0.1) is 0 Å². The molecule has 5 heteroatoms. The monoisotopic (exact) mass is 357 g/mol. The third-order valence-corrected chi connectivity index (χ3v) is 6.25. The minimum Gasteiger partial charge on any atom is -0.390 e. The summed E-state index contributed by atoms with van der Waals surface area (Å²) in [7, 11) is 0. The molecule has 26 heavy (non-hydrogen) atoms. The highest BCUT2D eigenvalue weighted by molar-refractivity contribution is 5.99. The van der Waals surface area contributed by atoms with Gasteiger partial charge in [-0.15, -0.1) is 0 Å². The number of aliphatic hydroxyl groups is 1. The number of anilines is 1. The molecule has 2 saturated carbocycles. The Labute approximate surface area is 156 Å². The van der Waals surface area contributed by atoms with Crippen LogP contribution in [0.1, 0.15) is 80.1 Å². The summed E-state index contributed by atoms with van der Waals surface area (Å²) in [6.45, 7) is 2.99. The van der Waals surface area contributed by atoms with Crippen molar-refractivity contribution in [1.82, 2.24) is 10.3 Å². The number of β-amino-alcohol motifs (C(OH)–C–C–N with tert-alkyl or cyclic N) is 1. The molecule has 2 heterocycles. The van der Waals surface area contributed by atoms with Gasteiger partial charge in [-0.05, 0) is 56.6 Å². The average Bonchev–Trinajstić information content (AvgIpc) is 3.49. The summed E-state index contributed by atoms with van der Waals surface area (Å²) in [5, 5.41) is 14.4. The Morgan fingerprint density at radius 2 is 1.96 bits per heavy atom. The third kappa shape index (κ3) is 3.94. The number of aromatic nitrogens is 1. The number of ketones is 1. The molecule has 1 aliphatic heterocycles. The van der Waals surface area contributed by atoms with Gasteiger partial charge in [0, 0.05) is 31.4 Å². The van der Waals surface area contributed by atoms with Crippen LogP contribution in [0.4, 0.5) is 5.82 Å². The molecule has 1 aromatic heterocycles. The van der Waals surface area contributed by atoms with Crippen LogP contribution in [0.2, 0.25) is 0 Å². The van der Waals surface area contributed by atoms with Gasteiger partial charge < -0.3 is 15.3 Å². The maximum Gasteiger partial charge on any atom is 0.163 e. The van der Waals surface area contributed by atoms with Gasteiger partial charge in [0.25, 0.3) is 0 Å². The largest absolute Gasteiger partial charge is 0.390 e. The number of Topliss-reactive ketones (excluding diaryl/α,β-unsaturated/α-hetero) is 1. The van der Waals surface area contributed by atoms with Crippen LogP contribution in [0.3, 0.4) is 0 Å². The minimum atomic E-state index is -0.421. The fourth-order valence-electron chi connectivity index (χ4n) is 4.52. The molecule has 0 aromatic carbocycles. The highest BCUT2D eigenvalue weighted by Gasteiger charge is 2.32. The topological polar surface area (TPSA) is 65.5 Å². The molecule has 4 rings (SSSR count). The number of pyridine rings is 1.